The van der Waals surface area contributed by atoms with E-state index in [9.17, 15) is 9.59 Å². The van der Waals surface area contributed by atoms with E-state index in [4.69, 9.17) is 0 Å². The summed E-state index contributed by atoms with van der Waals surface area (Å²) in [5, 5.41) is 1.000. The van der Waals surface area contributed by atoms with E-state index < -0.39 is 0 Å². The highest BCUT2D eigenvalue weighted by Gasteiger charge is 2.09. The average Bonchev–Trinajstić information content (AvgIpc) is 3.12. The van der Waals surface area contributed by atoms with Gasteiger partial charge in [-0.15, -0.1) is 0 Å². The Morgan fingerprint density at radius 3 is 2.73 bits per heavy atom. The van der Waals surface area contributed by atoms with Crippen LogP contribution in [0.4, 0.5) is 0 Å². The number of hydrogen-bond acceptors (Lipinski definition) is 3. The summed E-state index contributed by atoms with van der Waals surface area (Å²) in [6.45, 7) is 1.91. The highest BCUT2D eigenvalue weighted by Crippen LogP contribution is 2.18. The molecule has 0 bridgehead atoms. The normalized spacial score (nSPS) is 11.1. The summed E-state index contributed by atoms with van der Waals surface area (Å²) in [6, 6.07) is 9.64. The molecule has 3 rings (SSSR count). The number of carbonyl (C=O) groups excluding carboxylic acids is 1. The lowest BCUT2D eigenvalue weighted by molar-refractivity contribution is -0.118. The minimum atomic E-state index is -0.112. The van der Waals surface area contributed by atoms with Crippen molar-refractivity contribution in [2.45, 2.75) is 51.9 Å². The first-order valence-corrected chi connectivity index (χ1v) is 9.35. The summed E-state index contributed by atoms with van der Waals surface area (Å²) in [5.41, 5.74) is 2.09. The van der Waals surface area contributed by atoms with Gasteiger partial charge in [-0.25, -0.2) is 4.98 Å². The zero-order valence-electron chi connectivity index (χ0n) is 15.2. The van der Waals surface area contributed by atoms with Gasteiger partial charge in [-0.2, -0.15) is 0 Å². The molecule has 0 atom stereocenters. The van der Waals surface area contributed by atoms with E-state index in [-0.39, 0.29) is 5.56 Å². The maximum atomic E-state index is 12.3. The molecule has 0 saturated carbocycles. The summed E-state index contributed by atoms with van der Waals surface area (Å²) >= 11 is 0. The first kappa shape index (κ1) is 18.1. The Kier molecular flexibility index (Phi) is 6.00. The number of aryl methyl sites for hydroxylation is 1. The molecular weight excluding hydrogens is 326 g/mol. The Bertz CT molecular complexity index is 940. The molecule has 1 aromatic carbocycles. The Balaban J connectivity index is 1.57. The van der Waals surface area contributed by atoms with Crippen LogP contribution in [0, 0.1) is 0 Å². The molecule has 5 heteroatoms. The van der Waals surface area contributed by atoms with Crippen LogP contribution in [0.15, 0.2) is 41.3 Å². The Morgan fingerprint density at radius 1 is 1.08 bits per heavy atom. The van der Waals surface area contributed by atoms with Crippen molar-refractivity contribution >= 4 is 16.7 Å². The van der Waals surface area contributed by atoms with E-state index in [1.54, 1.807) is 6.20 Å². The second-order valence-corrected chi connectivity index (χ2v) is 6.65. The molecule has 5 nitrogen and oxygen atoms in total. The number of aromatic nitrogens is 3. The number of aromatic amines is 2. The standard InChI is InChI=1S/C21H25N3O2/c1-2-16(25)10-5-3-4-6-12-20-22-14-19(23-20)17-13-15-9-7-8-11-18(15)24-21(17)26/h7-9,11,13-14H,2-6,10,12H2,1H3,(H,22,23)(H,24,26). The lowest BCUT2D eigenvalue weighted by Crippen LogP contribution is -2.08. The summed E-state index contributed by atoms with van der Waals surface area (Å²) < 4.78 is 0. The largest absolute Gasteiger partial charge is 0.342 e. The quantitative estimate of drug-likeness (QED) is 0.561. The number of benzene rings is 1. The molecule has 0 amide bonds. The maximum absolute atomic E-state index is 12.3. The van der Waals surface area contributed by atoms with Gasteiger partial charge in [0.15, 0.2) is 0 Å². The molecule has 0 fully saturated rings. The molecular formula is C21H25N3O2. The van der Waals surface area contributed by atoms with Crippen LogP contribution in [0.1, 0.15) is 51.3 Å². The van der Waals surface area contributed by atoms with Crippen LogP contribution in [-0.4, -0.2) is 20.7 Å². The van der Waals surface area contributed by atoms with E-state index >= 15 is 0 Å². The van der Waals surface area contributed by atoms with Crippen molar-refractivity contribution in [1.82, 2.24) is 15.0 Å². The predicted octanol–water partition coefficient (Wildman–Crippen LogP) is 4.39. The van der Waals surface area contributed by atoms with Crippen molar-refractivity contribution in [3.63, 3.8) is 0 Å². The van der Waals surface area contributed by atoms with E-state index in [0.717, 1.165) is 54.5 Å². The Hall–Kier alpha value is -2.69. The molecule has 0 radical (unpaired) electrons. The lowest BCUT2D eigenvalue weighted by Gasteiger charge is -2.01. The van der Waals surface area contributed by atoms with Gasteiger partial charge in [-0.1, -0.05) is 38.0 Å². The second kappa shape index (κ2) is 8.61. The van der Waals surface area contributed by atoms with Crippen LogP contribution in [0.2, 0.25) is 0 Å². The van der Waals surface area contributed by atoms with Crippen LogP contribution in [0.25, 0.3) is 22.2 Å². The number of fused-ring (bicyclic) bond motifs is 1. The van der Waals surface area contributed by atoms with Crippen LogP contribution in [0.5, 0.6) is 0 Å². The van der Waals surface area contributed by atoms with Crippen LogP contribution < -0.4 is 5.56 Å². The molecule has 0 aliphatic rings. The lowest BCUT2D eigenvalue weighted by atomic mass is 10.1. The molecule has 26 heavy (non-hydrogen) atoms. The predicted molar refractivity (Wildman–Crippen MR) is 104 cm³/mol. The molecule has 0 aliphatic heterocycles. The fraction of sp³-hybridized carbons (Fsp3) is 0.381. The smallest absolute Gasteiger partial charge is 0.257 e. The van der Waals surface area contributed by atoms with Crippen molar-refractivity contribution in [2.75, 3.05) is 0 Å². The third-order valence-electron chi connectivity index (χ3n) is 4.69. The molecule has 2 N–H and O–H groups in total. The number of H-pyrrole nitrogens is 2. The van der Waals surface area contributed by atoms with E-state index in [2.05, 4.69) is 15.0 Å². The number of carbonyl (C=O) groups is 1. The van der Waals surface area contributed by atoms with Crippen molar-refractivity contribution in [2.24, 2.45) is 0 Å². The number of imidazole rings is 1. The summed E-state index contributed by atoms with van der Waals surface area (Å²) in [6.07, 6.45) is 8.09. The number of unbranched alkanes of at least 4 members (excludes halogenated alkanes) is 3. The second-order valence-electron chi connectivity index (χ2n) is 6.65. The number of Topliss-reactive ketones (excluding diaryl/α,β-unsaturated/α-hetero) is 1. The number of ketones is 1. The summed E-state index contributed by atoms with van der Waals surface area (Å²) in [7, 11) is 0. The van der Waals surface area contributed by atoms with Gasteiger partial charge in [0.05, 0.1) is 17.5 Å². The third kappa shape index (κ3) is 4.48. The topological polar surface area (TPSA) is 78.6 Å². The van der Waals surface area contributed by atoms with Crippen molar-refractivity contribution in [3.8, 4) is 11.3 Å². The van der Waals surface area contributed by atoms with Gasteiger partial charge >= 0.3 is 0 Å². The first-order valence-electron chi connectivity index (χ1n) is 9.35. The van der Waals surface area contributed by atoms with Crippen LogP contribution in [0.3, 0.4) is 0 Å². The van der Waals surface area contributed by atoms with Crippen LogP contribution in [-0.2, 0) is 11.2 Å². The zero-order chi connectivity index (χ0) is 18.4. The SMILES string of the molecule is CCC(=O)CCCCCCc1ncc(-c2cc3ccccc3[nH]c2=O)[nH]1. The van der Waals surface area contributed by atoms with E-state index in [1.807, 2.05) is 37.3 Å². The molecule has 136 valence electrons. The Morgan fingerprint density at radius 2 is 1.88 bits per heavy atom. The Labute approximate surface area is 152 Å². The van der Waals surface area contributed by atoms with Gasteiger partial charge in [-0.3, -0.25) is 9.59 Å². The van der Waals surface area contributed by atoms with Crippen molar-refractivity contribution in [3.05, 3.63) is 52.7 Å². The number of nitrogens with zero attached hydrogens (tertiary/aromatic N) is 1. The van der Waals surface area contributed by atoms with Gasteiger partial charge in [0, 0.05) is 24.8 Å². The average molecular weight is 351 g/mol. The van der Waals surface area contributed by atoms with Crippen LogP contribution >= 0.6 is 0 Å². The maximum Gasteiger partial charge on any atom is 0.257 e. The monoisotopic (exact) mass is 351 g/mol. The molecule has 0 aliphatic carbocycles. The van der Waals surface area contributed by atoms with Gasteiger partial charge in [0.25, 0.3) is 5.56 Å². The first-order chi connectivity index (χ1) is 12.7. The van der Waals surface area contributed by atoms with E-state index in [0.29, 0.717) is 24.2 Å². The number of pyridine rings is 1. The highest BCUT2D eigenvalue weighted by molar-refractivity contribution is 5.82. The van der Waals surface area contributed by atoms with Crippen molar-refractivity contribution in [1.29, 1.82) is 0 Å². The highest BCUT2D eigenvalue weighted by atomic mass is 16.1. The summed E-state index contributed by atoms with van der Waals surface area (Å²) in [5.74, 6) is 1.25. The minimum Gasteiger partial charge on any atom is -0.342 e. The van der Waals surface area contributed by atoms with E-state index in [1.165, 1.54) is 0 Å². The number of para-hydroxylation sites is 1. The zero-order valence-corrected chi connectivity index (χ0v) is 15.2. The van der Waals surface area contributed by atoms with Crippen molar-refractivity contribution < 1.29 is 4.79 Å². The molecule has 3 aromatic rings. The number of rotatable bonds is 9. The van der Waals surface area contributed by atoms with Gasteiger partial charge in [0.2, 0.25) is 0 Å². The fourth-order valence-electron chi connectivity index (χ4n) is 3.12. The number of nitrogens with one attached hydrogen (secondary N) is 2. The van der Waals surface area contributed by atoms with Gasteiger partial charge < -0.3 is 9.97 Å². The number of hydrogen-bond donors (Lipinski definition) is 2. The molecule has 2 heterocycles. The molecule has 0 unspecified atom stereocenters. The molecule has 0 spiro atoms. The molecule has 2 aromatic heterocycles. The third-order valence-corrected chi connectivity index (χ3v) is 4.69. The van der Waals surface area contributed by atoms with Gasteiger partial charge in [0.1, 0.15) is 11.6 Å². The summed E-state index contributed by atoms with van der Waals surface area (Å²) in [4.78, 5) is 34.2. The van der Waals surface area contributed by atoms with Gasteiger partial charge in [-0.05, 0) is 30.4 Å². The fourth-order valence-corrected chi connectivity index (χ4v) is 3.12. The molecule has 0 saturated heterocycles. The minimum absolute atomic E-state index is 0.112.